The smallest absolute Gasteiger partial charge is 0.328 e. The number of ether oxygens (including phenoxy) is 1. The van der Waals surface area contributed by atoms with Crippen molar-refractivity contribution in [1.29, 1.82) is 0 Å². The minimum Gasteiger partial charge on any atom is -0.379 e. The number of nitrogens with zero attached hydrogens (tertiary/aromatic N) is 1. The molecule has 4 amide bonds. The van der Waals surface area contributed by atoms with E-state index < -0.39 is 23.8 Å². The molecule has 0 aromatic rings. The first-order valence-electron chi connectivity index (χ1n) is 5.62. The lowest BCUT2D eigenvalue weighted by Crippen LogP contribution is -2.56. The molecular weight excluding hydrogens is 226 g/mol. The van der Waals surface area contributed by atoms with E-state index in [0.717, 1.165) is 13.1 Å². The Kier molecular flexibility index (Phi) is 3.70. The van der Waals surface area contributed by atoms with Gasteiger partial charge in [0.1, 0.15) is 5.92 Å². The number of morpholine rings is 1. The Hall–Kier alpha value is -1.47. The largest absolute Gasteiger partial charge is 0.379 e. The summed E-state index contributed by atoms with van der Waals surface area (Å²) in [4.78, 5) is 35.9. The van der Waals surface area contributed by atoms with Crippen molar-refractivity contribution in [1.82, 2.24) is 15.5 Å². The Labute approximate surface area is 98.5 Å². The first-order chi connectivity index (χ1) is 8.16. The predicted molar refractivity (Wildman–Crippen MR) is 57.0 cm³/mol. The molecule has 0 aliphatic carbocycles. The number of hydrogen-bond donors (Lipinski definition) is 2. The molecule has 2 rings (SSSR count). The minimum absolute atomic E-state index is 0.422. The fraction of sp³-hybridized carbons (Fsp3) is 0.700. The normalized spacial score (nSPS) is 23.4. The first kappa shape index (κ1) is 12.0. The summed E-state index contributed by atoms with van der Waals surface area (Å²) in [5, 5.41) is 4.19. The number of urea groups is 1. The van der Waals surface area contributed by atoms with Crippen LogP contribution in [-0.4, -0.2) is 55.6 Å². The lowest BCUT2D eigenvalue weighted by molar-refractivity contribution is -0.136. The summed E-state index contributed by atoms with van der Waals surface area (Å²) in [5.41, 5.74) is 0. The molecule has 2 fully saturated rings. The van der Waals surface area contributed by atoms with Crippen molar-refractivity contribution in [2.24, 2.45) is 5.92 Å². The average Bonchev–Trinajstić information content (AvgIpc) is 2.29. The van der Waals surface area contributed by atoms with Crippen molar-refractivity contribution in [3.8, 4) is 0 Å². The maximum absolute atomic E-state index is 11.5. The topological polar surface area (TPSA) is 87.7 Å². The second-order valence-corrected chi connectivity index (χ2v) is 4.10. The number of imide groups is 2. The van der Waals surface area contributed by atoms with Crippen molar-refractivity contribution in [3.63, 3.8) is 0 Å². The standard InChI is InChI=1S/C10H15N3O4/c14-8-7(9(15)12-10(16)11-8)1-2-13-3-5-17-6-4-13/h7H,1-6H2,(H2,11,12,14,15,16). The van der Waals surface area contributed by atoms with Crippen LogP contribution in [0.1, 0.15) is 6.42 Å². The Morgan fingerprint density at radius 3 is 2.29 bits per heavy atom. The first-order valence-corrected chi connectivity index (χ1v) is 5.62. The molecule has 2 saturated heterocycles. The van der Waals surface area contributed by atoms with Gasteiger partial charge in [0.2, 0.25) is 11.8 Å². The van der Waals surface area contributed by atoms with E-state index in [2.05, 4.69) is 15.5 Å². The molecule has 0 bridgehead atoms. The molecule has 0 aromatic carbocycles. The number of amides is 4. The molecule has 2 N–H and O–H groups in total. The van der Waals surface area contributed by atoms with Crippen molar-refractivity contribution >= 4 is 17.8 Å². The SMILES string of the molecule is O=C1NC(=O)C(CCN2CCOCC2)C(=O)N1. The third-order valence-electron chi connectivity index (χ3n) is 2.94. The van der Waals surface area contributed by atoms with Gasteiger partial charge in [0, 0.05) is 13.1 Å². The number of carbonyl (C=O) groups is 3. The fourth-order valence-electron chi connectivity index (χ4n) is 1.95. The zero-order valence-corrected chi connectivity index (χ0v) is 9.40. The molecule has 0 spiro atoms. The van der Waals surface area contributed by atoms with Gasteiger partial charge in [-0.2, -0.15) is 0 Å². The summed E-state index contributed by atoms with van der Waals surface area (Å²) in [6, 6.07) is -0.734. The van der Waals surface area contributed by atoms with Crippen LogP contribution in [0, 0.1) is 5.92 Å². The van der Waals surface area contributed by atoms with Gasteiger partial charge in [-0.3, -0.25) is 25.1 Å². The van der Waals surface area contributed by atoms with Crippen molar-refractivity contribution < 1.29 is 19.1 Å². The number of rotatable bonds is 3. The van der Waals surface area contributed by atoms with Crippen LogP contribution < -0.4 is 10.6 Å². The van der Waals surface area contributed by atoms with E-state index in [0.29, 0.717) is 26.2 Å². The van der Waals surface area contributed by atoms with E-state index in [1.807, 2.05) is 0 Å². The van der Waals surface area contributed by atoms with Crippen molar-refractivity contribution in [3.05, 3.63) is 0 Å². The summed E-state index contributed by atoms with van der Waals surface area (Å²) in [5.74, 6) is -1.78. The Morgan fingerprint density at radius 2 is 1.71 bits per heavy atom. The lowest BCUT2D eigenvalue weighted by Gasteiger charge is -2.28. The van der Waals surface area contributed by atoms with E-state index in [1.165, 1.54) is 0 Å². The molecule has 17 heavy (non-hydrogen) atoms. The molecule has 0 atom stereocenters. The zero-order chi connectivity index (χ0) is 12.3. The van der Waals surface area contributed by atoms with Gasteiger partial charge in [0.05, 0.1) is 13.2 Å². The highest BCUT2D eigenvalue weighted by Gasteiger charge is 2.34. The summed E-state index contributed by atoms with van der Waals surface area (Å²) in [6.07, 6.45) is 0.422. The highest BCUT2D eigenvalue weighted by atomic mass is 16.5. The molecular formula is C10H15N3O4. The molecule has 0 aromatic heterocycles. The van der Waals surface area contributed by atoms with E-state index in [9.17, 15) is 14.4 Å². The van der Waals surface area contributed by atoms with Gasteiger partial charge in [-0.05, 0) is 13.0 Å². The van der Waals surface area contributed by atoms with Crippen LogP contribution in [0.25, 0.3) is 0 Å². The van der Waals surface area contributed by atoms with Crippen LogP contribution in [-0.2, 0) is 14.3 Å². The number of hydrogen-bond acceptors (Lipinski definition) is 5. The summed E-state index contributed by atoms with van der Waals surface area (Å²) in [6.45, 7) is 3.65. The number of barbiturate groups is 1. The molecule has 0 saturated carbocycles. The van der Waals surface area contributed by atoms with E-state index in [-0.39, 0.29) is 0 Å². The molecule has 2 aliphatic heterocycles. The van der Waals surface area contributed by atoms with Crippen molar-refractivity contribution in [2.45, 2.75) is 6.42 Å². The van der Waals surface area contributed by atoms with Gasteiger partial charge in [-0.25, -0.2) is 4.79 Å². The monoisotopic (exact) mass is 241 g/mol. The second-order valence-electron chi connectivity index (χ2n) is 4.10. The minimum atomic E-state index is -0.768. The third kappa shape index (κ3) is 3.01. The molecule has 0 unspecified atom stereocenters. The van der Waals surface area contributed by atoms with Crippen LogP contribution in [0.15, 0.2) is 0 Å². The summed E-state index contributed by atoms with van der Waals surface area (Å²) in [7, 11) is 0. The van der Waals surface area contributed by atoms with Gasteiger partial charge in [0.15, 0.2) is 0 Å². The number of carbonyl (C=O) groups excluding carboxylic acids is 3. The molecule has 2 heterocycles. The molecule has 2 aliphatic rings. The lowest BCUT2D eigenvalue weighted by atomic mass is 10.0. The Morgan fingerprint density at radius 1 is 1.12 bits per heavy atom. The van der Waals surface area contributed by atoms with Crippen LogP contribution >= 0.6 is 0 Å². The zero-order valence-electron chi connectivity index (χ0n) is 9.40. The maximum Gasteiger partial charge on any atom is 0.328 e. The Bertz CT molecular complexity index is 318. The van der Waals surface area contributed by atoms with Crippen LogP contribution in [0.2, 0.25) is 0 Å². The third-order valence-corrected chi connectivity index (χ3v) is 2.94. The van der Waals surface area contributed by atoms with Crippen LogP contribution in [0.4, 0.5) is 4.79 Å². The van der Waals surface area contributed by atoms with Gasteiger partial charge in [0.25, 0.3) is 0 Å². The average molecular weight is 241 g/mol. The molecule has 0 radical (unpaired) electrons. The van der Waals surface area contributed by atoms with Crippen LogP contribution in [0.3, 0.4) is 0 Å². The fourth-order valence-corrected chi connectivity index (χ4v) is 1.95. The molecule has 7 nitrogen and oxygen atoms in total. The molecule has 94 valence electrons. The van der Waals surface area contributed by atoms with Gasteiger partial charge < -0.3 is 4.74 Å². The number of nitrogens with one attached hydrogen (secondary N) is 2. The Balaban J connectivity index is 1.83. The van der Waals surface area contributed by atoms with E-state index in [1.54, 1.807) is 0 Å². The predicted octanol–water partition coefficient (Wildman–Crippen LogP) is -1.31. The summed E-state index contributed by atoms with van der Waals surface area (Å²) >= 11 is 0. The van der Waals surface area contributed by atoms with Gasteiger partial charge in [-0.15, -0.1) is 0 Å². The molecule has 7 heteroatoms. The highest BCUT2D eigenvalue weighted by Crippen LogP contribution is 2.09. The van der Waals surface area contributed by atoms with Crippen molar-refractivity contribution in [2.75, 3.05) is 32.8 Å². The summed E-state index contributed by atoms with van der Waals surface area (Å²) < 4.78 is 5.20. The van der Waals surface area contributed by atoms with E-state index >= 15 is 0 Å². The maximum atomic E-state index is 11.5. The van der Waals surface area contributed by atoms with Gasteiger partial charge in [-0.1, -0.05) is 0 Å². The van der Waals surface area contributed by atoms with Crippen LogP contribution in [0.5, 0.6) is 0 Å². The second kappa shape index (κ2) is 5.24. The van der Waals surface area contributed by atoms with Gasteiger partial charge >= 0.3 is 6.03 Å². The quantitative estimate of drug-likeness (QED) is 0.599. The highest BCUT2D eigenvalue weighted by molar-refractivity contribution is 6.16. The van der Waals surface area contributed by atoms with E-state index in [4.69, 9.17) is 4.74 Å².